The number of rotatable bonds is 3. The number of nitrogens with one attached hydrogen (secondary N) is 2. The van der Waals surface area contributed by atoms with Crippen molar-refractivity contribution in [3.05, 3.63) is 29.6 Å². The summed E-state index contributed by atoms with van der Waals surface area (Å²) in [4.78, 5) is 7.65. The maximum atomic E-state index is 6.28. The average Bonchev–Trinajstić information content (AvgIpc) is 2.78. The number of H-pyrrole nitrogens is 1. The molecule has 1 fully saturated rings. The van der Waals surface area contributed by atoms with Crippen LogP contribution in [-0.4, -0.2) is 35.8 Å². The van der Waals surface area contributed by atoms with Crippen LogP contribution in [0.25, 0.3) is 11.0 Å². The highest BCUT2D eigenvalue weighted by molar-refractivity contribution is 5.75. The summed E-state index contributed by atoms with van der Waals surface area (Å²) in [6.07, 6.45) is 1.05. The minimum Gasteiger partial charge on any atom is -0.376 e. The van der Waals surface area contributed by atoms with Gasteiger partial charge in [-0.2, -0.15) is 0 Å². The van der Waals surface area contributed by atoms with E-state index in [2.05, 4.69) is 27.4 Å². The molecule has 5 heteroatoms. The molecule has 0 radical (unpaired) electrons. The van der Waals surface area contributed by atoms with Crippen molar-refractivity contribution in [1.82, 2.24) is 15.3 Å². The Balaban J connectivity index is 1.74. The summed E-state index contributed by atoms with van der Waals surface area (Å²) >= 11 is 0. The smallest absolute Gasteiger partial charge is 0.104 e. The van der Waals surface area contributed by atoms with Gasteiger partial charge in [0.05, 0.1) is 23.7 Å². The molecule has 1 aliphatic heterocycles. The molecule has 1 aliphatic rings. The zero-order valence-electron chi connectivity index (χ0n) is 11.1. The van der Waals surface area contributed by atoms with Crippen molar-refractivity contribution in [2.75, 3.05) is 19.7 Å². The number of hydrogen-bond acceptors (Lipinski definition) is 4. The zero-order valence-corrected chi connectivity index (χ0v) is 11.1. The van der Waals surface area contributed by atoms with E-state index in [-0.39, 0.29) is 12.1 Å². The fourth-order valence-corrected chi connectivity index (χ4v) is 2.58. The number of aromatic amines is 1. The van der Waals surface area contributed by atoms with Gasteiger partial charge in [0.25, 0.3) is 0 Å². The van der Waals surface area contributed by atoms with E-state index < -0.39 is 0 Å². The average molecular weight is 260 g/mol. The van der Waals surface area contributed by atoms with Gasteiger partial charge in [-0.3, -0.25) is 0 Å². The number of morpholine rings is 1. The van der Waals surface area contributed by atoms with E-state index in [1.165, 1.54) is 0 Å². The number of ether oxygens (including phenoxy) is 1. The highest BCUT2D eigenvalue weighted by Gasteiger charge is 2.18. The second-order valence-corrected chi connectivity index (χ2v) is 5.14. The van der Waals surface area contributed by atoms with Crippen molar-refractivity contribution in [3.63, 3.8) is 0 Å². The first-order chi connectivity index (χ1) is 9.22. The molecular formula is C14H20N4O. The Hall–Kier alpha value is -1.43. The van der Waals surface area contributed by atoms with Crippen molar-refractivity contribution in [1.29, 1.82) is 0 Å². The molecule has 19 heavy (non-hydrogen) atoms. The van der Waals surface area contributed by atoms with Crippen molar-refractivity contribution < 1.29 is 4.74 Å². The van der Waals surface area contributed by atoms with Crippen molar-refractivity contribution in [2.45, 2.75) is 25.5 Å². The molecule has 1 saturated heterocycles. The fourth-order valence-electron chi connectivity index (χ4n) is 2.58. The summed E-state index contributed by atoms with van der Waals surface area (Å²) in [6.45, 7) is 4.56. The van der Waals surface area contributed by atoms with Gasteiger partial charge in [-0.25, -0.2) is 4.98 Å². The molecule has 102 valence electrons. The molecule has 4 N–H and O–H groups in total. The maximum absolute atomic E-state index is 6.28. The highest BCUT2D eigenvalue weighted by atomic mass is 16.5. The molecule has 0 bridgehead atoms. The van der Waals surface area contributed by atoms with Crippen LogP contribution in [0.4, 0.5) is 0 Å². The summed E-state index contributed by atoms with van der Waals surface area (Å²) in [5.41, 5.74) is 9.45. The summed E-state index contributed by atoms with van der Waals surface area (Å²) in [6, 6.07) is 6.17. The molecule has 3 rings (SSSR count). The van der Waals surface area contributed by atoms with Gasteiger partial charge in [0.1, 0.15) is 5.82 Å². The molecule has 2 unspecified atom stereocenters. The lowest BCUT2D eigenvalue weighted by Gasteiger charge is -2.26. The van der Waals surface area contributed by atoms with Crippen molar-refractivity contribution in [2.24, 2.45) is 5.73 Å². The van der Waals surface area contributed by atoms with E-state index in [0.717, 1.165) is 48.5 Å². The summed E-state index contributed by atoms with van der Waals surface area (Å²) in [5.74, 6) is 0.931. The van der Waals surface area contributed by atoms with Crippen LogP contribution < -0.4 is 11.1 Å². The minimum absolute atomic E-state index is 0.00194. The Morgan fingerprint density at radius 2 is 2.42 bits per heavy atom. The first-order valence-electron chi connectivity index (χ1n) is 6.76. The van der Waals surface area contributed by atoms with Crippen LogP contribution in [0.2, 0.25) is 0 Å². The number of hydrogen-bond donors (Lipinski definition) is 3. The van der Waals surface area contributed by atoms with Crippen LogP contribution in [0.3, 0.4) is 0 Å². The lowest BCUT2D eigenvalue weighted by Crippen LogP contribution is -2.40. The summed E-state index contributed by atoms with van der Waals surface area (Å²) < 4.78 is 5.70. The molecule has 5 nitrogen and oxygen atoms in total. The van der Waals surface area contributed by atoms with Gasteiger partial charge in [0.15, 0.2) is 0 Å². The molecular weight excluding hydrogens is 240 g/mol. The molecule has 2 aromatic rings. The molecule has 1 aromatic carbocycles. The molecule has 0 spiro atoms. The topological polar surface area (TPSA) is 76.0 Å². The maximum Gasteiger partial charge on any atom is 0.104 e. The van der Waals surface area contributed by atoms with Gasteiger partial charge in [0, 0.05) is 19.1 Å². The second kappa shape index (κ2) is 5.28. The third-order valence-electron chi connectivity index (χ3n) is 3.57. The minimum atomic E-state index is -0.00194. The summed E-state index contributed by atoms with van der Waals surface area (Å²) in [5, 5.41) is 3.33. The van der Waals surface area contributed by atoms with E-state index in [4.69, 9.17) is 10.5 Å². The third-order valence-corrected chi connectivity index (χ3v) is 3.57. The predicted molar refractivity (Wildman–Crippen MR) is 75.0 cm³/mol. The van der Waals surface area contributed by atoms with Gasteiger partial charge in [0.2, 0.25) is 0 Å². The highest BCUT2D eigenvalue weighted by Crippen LogP contribution is 2.21. The molecule has 0 aliphatic carbocycles. The number of fused-ring (bicyclic) bond motifs is 1. The number of aromatic nitrogens is 2. The van der Waals surface area contributed by atoms with Crippen LogP contribution >= 0.6 is 0 Å². The summed E-state index contributed by atoms with van der Waals surface area (Å²) in [7, 11) is 0. The number of benzene rings is 1. The Kier molecular flexibility index (Phi) is 3.50. The van der Waals surface area contributed by atoms with Crippen LogP contribution in [0.15, 0.2) is 18.2 Å². The van der Waals surface area contributed by atoms with Crippen molar-refractivity contribution >= 4 is 11.0 Å². The molecule has 2 heterocycles. The van der Waals surface area contributed by atoms with Gasteiger partial charge >= 0.3 is 0 Å². The Labute approximate surface area is 112 Å². The Morgan fingerprint density at radius 3 is 3.21 bits per heavy atom. The van der Waals surface area contributed by atoms with Gasteiger partial charge in [-0.1, -0.05) is 6.07 Å². The molecule has 0 amide bonds. The quantitative estimate of drug-likeness (QED) is 0.776. The van der Waals surface area contributed by atoms with Crippen molar-refractivity contribution in [3.8, 4) is 0 Å². The van der Waals surface area contributed by atoms with Gasteiger partial charge in [-0.15, -0.1) is 0 Å². The second-order valence-electron chi connectivity index (χ2n) is 5.14. The molecule has 0 saturated carbocycles. The standard InChI is InChI=1S/C14H20N4O/c1-9-17-13-3-2-10(6-14(13)18-9)12(15)7-11-8-16-4-5-19-11/h2-3,6,11-12,16H,4-5,7-8,15H2,1H3,(H,17,18). The van der Waals surface area contributed by atoms with Gasteiger partial charge < -0.3 is 20.8 Å². The first-order valence-corrected chi connectivity index (χ1v) is 6.76. The monoisotopic (exact) mass is 260 g/mol. The first kappa shape index (κ1) is 12.6. The number of aryl methyl sites for hydroxylation is 1. The number of nitrogens with two attached hydrogens (primary N) is 1. The Morgan fingerprint density at radius 1 is 1.53 bits per heavy atom. The Bertz CT molecular complexity index is 560. The van der Waals surface area contributed by atoms with E-state index in [0.29, 0.717) is 0 Å². The third kappa shape index (κ3) is 2.78. The SMILES string of the molecule is Cc1nc2ccc(C(N)CC3CNCCO3)cc2[nH]1. The predicted octanol–water partition coefficient (Wildman–Crippen LogP) is 1.25. The van der Waals surface area contributed by atoms with E-state index >= 15 is 0 Å². The van der Waals surface area contributed by atoms with E-state index in [9.17, 15) is 0 Å². The number of imidazole rings is 1. The largest absolute Gasteiger partial charge is 0.376 e. The van der Waals surface area contributed by atoms with Crippen LogP contribution in [0, 0.1) is 6.92 Å². The lowest BCUT2D eigenvalue weighted by atomic mass is 10.0. The molecule has 1 aromatic heterocycles. The molecule has 2 atom stereocenters. The van der Waals surface area contributed by atoms with Crippen LogP contribution in [0.5, 0.6) is 0 Å². The van der Waals surface area contributed by atoms with Crippen LogP contribution in [-0.2, 0) is 4.74 Å². The zero-order chi connectivity index (χ0) is 13.2. The van der Waals surface area contributed by atoms with Crippen LogP contribution in [0.1, 0.15) is 23.9 Å². The number of nitrogens with zero attached hydrogens (tertiary/aromatic N) is 1. The fraction of sp³-hybridized carbons (Fsp3) is 0.500. The van der Waals surface area contributed by atoms with E-state index in [1.807, 2.05) is 13.0 Å². The lowest BCUT2D eigenvalue weighted by molar-refractivity contribution is 0.0195. The van der Waals surface area contributed by atoms with E-state index in [1.54, 1.807) is 0 Å². The normalized spacial score (nSPS) is 21.7. The van der Waals surface area contributed by atoms with Gasteiger partial charge in [-0.05, 0) is 31.0 Å².